The average Bonchev–Trinajstić information content (AvgIpc) is 0.676. The van der Waals surface area contributed by atoms with Gasteiger partial charge in [0.05, 0.1) is 32.5 Å². The van der Waals surface area contributed by atoms with E-state index in [-0.39, 0.29) is 89.6 Å². The maximum Gasteiger partial charge on any atom is 0.408 e. The van der Waals surface area contributed by atoms with Gasteiger partial charge in [-0.2, -0.15) is 0 Å². The van der Waals surface area contributed by atoms with Crippen LogP contribution in [0.15, 0.2) is 54.6 Å². The van der Waals surface area contributed by atoms with E-state index in [2.05, 4.69) is 47.9 Å². The number of carbonyl (C=O) groups is 10. The number of amides is 9. The van der Waals surface area contributed by atoms with E-state index in [0.29, 0.717) is 91.9 Å². The van der Waals surface area contributed by atoms with Crippen LogP contribution in [-0.4, -0.2) is 171 Å². The predicted octanol–water partition coefficient (Wildman–Crippen LogP) is 11.5. The second-order valence-corrected chi connectivity index (χ2v) is 32.7. The van der Waals surface area contributed by atoms with E-state index in [1.807, 2.05) is 42.5 Å². The van der Waals surface area contributed by atoms with Crippen LogP contribution in [0.5, 0.6) is 0 Å². The molecule has 6 rings (SSSR count). The summed E-state index contributed by atoms with van der Waals surface area (Å²) < 4.78 is 44.4. The first-order valence-corrected chi connectivity index (χ1v) is 36.9. The molecule has 0 aliphatic heterocycles. The standard InChI is InChI=1S/C78H120N10O18/c1-72(2,3)101-66(93)81-37-22-19-25-58(86-69(96)104-75(10,11)12)61(89)46-49-28-31-52-55(45-49)78(35-34-62(90)80-40-42-100-44-43-99-41-36-79)56-47-50(84-64(91)59(87-70(97)105-76(13,14)15)26-20-23-38-82-67(94)102-73(4,5)6)29-32-53(56)63(52)54-33-30-51(48-57(54)78)85-65(92)60(88-71(98)106-77(16,17)18)27-21-24-39-83-68(95)103-74(7,8)9/h28-33,45,47-48,58-60,63H,19-27,34-44,46,79H2,1-18H3,(H,80,90)(H,81,93)(H,82,94)(H,83,95)(H,84,91)(H,85,92)(H,86,96)(H,87,97)(H,88,98)/t58-,59-,60+,63?,78?/m1/s1. The average molecular weight is 1490 g/mol. The van der Waals surface area contributed by atoms with Crippen LogP contribution < -0.4 is 53.6 Å². The summed E-state index contributed by atoms with van der Waals surface area (Å²) in [6.07, 6.45) is -1.51. The fourth-order valence-electron chi connectivity index (χ4n) is 12.2. The molecule has 2 bridgehead atoms. The van der Waals surface area contributed by atoms with E-state index >= 15 is 0 Å². The first-order chi connectivity index (χ1) is 49.3. The molecule has 0 radical (unpaired) electrons. The Balaban J connectivity index is 1.68. The molecule has 0 fully saturated rings. The molecule has 0 aromatic heterocycles. The molecule has 5 atom stereocenters. The molecular weight excluding hydrogens is 1360 g/mol. The Hall–Kier alpha value is -8.76. The van der Waals surface area contributed by atoms with E-state index in [0.717, 1.165) is 16.7 Å². The summed E-state index contributed by atoms with van der Waals surface area (Å²) >= 11 is 0. The summed E-state index contributed by atoms with van der Waals surface area (Å²) in [6, 6.07) is 13.5. The molecule has 3 aliphatic carbocycles. The van der Waals surface area contributed by atoms with Crippen LogP contribution in [-0.2, 0) is 68.9 Å². The Labute approximate surface area is 625 Å². The largest absolute Gasteiger partial charge is 0.444 e. The lowest BCUT2D eigenvalue weighted by molar-refractivity contribution is -0.122. The molecule has 0 spiro atoms. The Kier molecular flexibility index (Phi) is 32.5. The van der Waals surface area contributed by atoms with Crippen molar-refractivity contribution in [3.8, 4) is 0 Å². The van der Waals surface area contributed by atoms with Crippen molar-refractivity contribution in [2.24, 2.45) is 5.73 Å². The predicted molar refractivity (Wildman–Crippen MR) is 403 cm³/mol. The minimum absolute atomic E-state index is 0.0685. The molecule has 0 heterocycles. The molecule has 2 unspecified atom stereocenters. The highest BCUT2D eigenvalue weighted by atomic mass is 16.6. The van der Waals surface area contributed by atoms with Crippen molar-refractivity contribution < 1.29 is 85.8 Å². The van der Waals surface area contributed by atoms with Crippen molar-refractivity contribution >= 4 is 71.4 Å². The van der Waals surface area contributed by atoms with Crippen molar-refractivity contribution in [2.75, 3.05) is 69.8 Å². The molecule has 9 amide bonds. The van der Waals surface area contributed by atoms with Gasteiger partial charge in [0.2, 0.25) is 17.7 Å². The lowest BCUT2D eigenvalue weighted by atomic mass is 9.51. The second-order valence-electron chi connectivity index (χ2n) is 32.7. The number of unbranched alkanes of at least 4 members (excludes halogenated alkanes) is 3. The van der Waals surface area contributed by atoms with Crippen molar-refractivity contribution in [2.45, 2.75) is 265 Å². The number of hydrogen-bond donors (Lipinski definition) is 10. The number of anilines is 2. The number of hydrogen-bond acceptors (Lipinski definition) is 19. The number of nitrogens with one attached hydrogen (secondary N) is 9. The van der Waals surface area contributed by atoms with Crippen LogP contribution in [0.2, 0.25) is 0 Å². The zero-order chi connectivity index (χ0) is 79.0. The maximum absolute atomic E-state index is 15.0. The van der Waals surface area contributed by atoms with Crippen molar-refractivity contribution in [1.82, 2.24) is 37.2 Å². The molecule has 28 heteroatoms. The highest BCUT2D eigenvalue weighted by Crippen LogP contribution is 2.62. The van der Waals surface area contributed by atoms with Crippen molar-refractivity contribution in [3.05, 3.63) is 93.5 Å². The Morgan fingerprint density at radius 3 is 1.14 bits per heavy atom. The van der Waals surface area contributed by atoms with Crippen LogP contribution in [0.25, 0.3) is 0 Å². The molecule has 3 aromatic carbocycles. The summed E-state index contributed by atoms with van der Waals surface area (Å²) in [5, 5.41) is 25.7. The third-order valence-electron chi connectivity index (χ3n) is 16.2. The third kappa shape index (κ3) is 30.6. The van der Waals surface area contributed by atoms with Gasteiger partial charge in [-0.1, -0.05) is 30.3 Å². The molecule has 0 saturated carbocycles. The maximum atomic E-state index is 15.0. The highest BCUT2D eigenvalue weighted by Gasteiger charge is 2.52. The normalized spacial score (nSPS) is 15.4. The number of ketones is 1. The summed E-state index contributed by atoms with van der Waals surface area (Å²) in [6.45, 7) is 33.5. The van der Waals surface area contributed by atoms with Gasteiger partial charge >= 0.3 is 36.6 Å². The number of nitrogens with two attached hydrogens (primary N) is 1. The zero-order valence-corrected chi connectivity index (χ0v) is 65.8. The topological polar surface area (TPSA) is 379 Å². The van der Waals surface area contributed by atoms with Gasteiger partial charge in [0.15, 0.2) is 5.78 Å². The van der Waals surface area contributed by atoms with E-state index < -0.39 is 111 Å². The van der Waals surface area contributed by atoms with E-state index in [1.165, 1.54) is 0 Å². The Morgan fingerprint density at radius 2 is 0.755 bits per heavy atom. The fraction of sp³-hybridized carbons (Fsp3) is 0.641. The SMILES string of the molecule is CC(C)(C)OC(=O)NCCCC[C@H](NC(=O)OC(C)(C)C)C(=O)Nc1ccc2c(c1)C1(CCC(=O)NCCOCCOCCN)c3cc(CC(=O)[C@@H](CCCCNC(=O)OC(C)(C)C)NC(=O)OC(C)(C)C)ccc3C2c2ccc(NC(=O)[C@@H](CCCCNC(=O)OC(C)(C)C)NC(=O)OC(C)(C)C)cc21. The van der Waals surface area contributed by atoms with Gasteiger partial charge in [-0.25, -0.2) is 28.8 Å². The number of benzene rings is 3. The lowest BCUT2D eigenvalue weighted by Gasteiger charge is -2.51. The van der Waals surface area contributed by atoms with Crippen molar-refractivity contribution in [3.63, 3.8) is 0 Å². The van der Waals surface area contributed by atoms with Gasteiger partial charge in [-0.15, -0.1) is 0 Å². The van der Waals surface area contributed by atoms with Gasteiger partial charge in [0.1, 0.15) is 45.7 Å². The van der Waals surface area contributed by atoms with E-state index in [1.54, 1.807) is 137 Å². The molecule has 3 aliphatic rings. The summed E-state index contributed by atoms with van der Waals surface area (Å²) in [5.41, 5.74) is 5.16. The number of alkyl carbamates (subject to hydrolysis) is 6. The molecular formula is C78H120N10O18. The molecule has 106 heavy (non-hydrogen) atoms. The number of carbonyl (C=O) groups excluding carboxylic acids is 10. The van der Waals surface area contributed by atoms with Gasteiger partial charge in [0, 0.05) is 68.3 Å². The first-order valence-electron chi connectivity index (χ1n) is 36.9. The highest BCUT2D eigenvalue weighted by molar-refractivity contribution is 5.98. The van der Waals surface area contributed by atoms with Crippen LogP contribution >= 0.6 is 0 Å². The molecule has 11 N–H and O–H groups in total. The van der Waals surface area contributed by atoms with E-state index in [9.17, 15) is 47.9 Å². The van der Waals surface area contributed by atoms with Crippen LogP contribution in [0, 0.1) is 0 Å². The van der Waals surface area contributed by atoms with Gasteiger partial charge in [-0.05, 0) is 252 Å². The molecule has 590 valence electrons. The lowest BCUT2D eigenvalue weighted by Crippen LogP contribution is -2.46. The first kappa shape index (κ1) is 87.9. The van der Waals surface area contributed by atoms with Crippen molar-refractivity contribution in [1.29, 1.82) is 0 Å². The second kappa shape index (κ2) is 39.2. The minimum Gasteiger partial charge on any atom is -0.444 e. The summed E-state index contributed by atoms with van der Waals surface area (Å²) in [7, 11) is 0. The van der Waals surface area contributed by atoms with Crippen LogP contribution in [0.4, 0.5) is 40.1 Å². The van der Waals surface area contributed by atoms with Gasteiger partial charge in [-0.3, -0.25) is 19.2 Å². The van der Waals surface area contributed by atoms with Gasteiger partial charge < -0.3 is 91.5 Å². The summed E-state index contributed by atoms with van der Waals surface area (Å²) in [4.78, 5) is 137. The monoisotopic (exact) mass is 1480 g/mol. The molecule has 28 nitrogen and oxygen atoms in total. The number of ether oxygens (including phenoxy) is 8. The Morgan fingerprint density at radius 1 is 0.406 bits per heavy atom. The molecule has 0 saturated heterocycles. The fourth-order valence-corrected chi connectivity index (χ4v) is 12.2. The summed E-state index contributed by atoms with van der Waals surface area (Å²) in [5.74, 6) is -2.34. The third-order valence-corrected chi connectivity index (χ3v) is 16.2. The zero-order valence-electron chi connectivity index (χ0n) is 65.8. The Bertz CT molecular complexity index is 3170. The minimum atomic E-state index is -1.33. The smallest absolute Gasteiger partial charge is 0.408 e. The van der Waals surface area contributed by atoms with Crippen LogP contribution in [0.3, 0.4) is 0 Å². The van der Waals surface area contributed by atoms with Gasteiger partial charge in [0.25, 0.3) is 0 Å². The number of Topliss-reactive ketones (excluding diaryl/α,β-unsaturated/α-hetero) is 1. The number of rotatable bonds is 36. The molecule has 3 aromatic rings. The quantitative estimate of drug-likeness (QED) is 0.0191. The van der Waals surface area contributed by atoms with Crippen LogP contribution in [0.1, 0.15) is 240 Å². The van der Waals surface area contributed by atoms with E-state index in [4.69, 9.17) is 43.6 Å².